The number of aromatic amines is 1. The van der Waals surface area contributed by atoms with Crippen molar-refractivity contribution in [3.8, 4) is 0 Å². The number of aryl methyl sites for hydroxylation is 1. The van der Waals surface area contributed by atoms with Crippen LogP contribution in [0.5, 0.6) is 0 Å². The molecule has 5 nitrogen and oxygen atoms in total. The molecule has 2 N–H and O–H groups in total. The Balaban J connectivity index is 2.02. The van der Waals surface area contributed by atoms with Gasteiger partial charge in [-0.1, -0.05) is 0 Å². The molecule has 1 amide bonds. The Hall–Kier alpha value is -2.04. The summed E-state index contributed by atoms with van der Waals surface area (Å²) < 4.78 is 5.18. The Morgan fingerprint density at radius 2 is 2.21 bits per heavy atom. The van der Waals surface area contributed by atoms with E-state index in [0.717, 1.165) is 22.2 Å². The second kappa shape index (κ2) is 4.91. The Kier molecular flexibility index (Phi) is 3.46. The molecule has 0 radical (unpaired) electrons. The molecule has 2 rings (SSSR count). The number of aromatic nitrogens is 2. The van der Waals surface area contributed by atoms with E-state index in [1.807, 2.05) is 40.0 Å². The molecule has 0 spiro atoms. The highest BCUT2D eigenvalue weighted by Gasteiger charge is 2.15. The van der Waals surface area contributed by atoms with Crippen molar-refractivity contribution in [3.63, 3.8) is 0 Å². The van der Waals surface area contributed by atoms with Gasteiger partial charge in [-0.15, -0.1) is 0 Å². The lowest BCUT2D eigenvalue weighted by Crippen LogP contribution is -2.32. The van der Waals surface area contributed by atoms with Gasteiger partial charge in [0.05, 0.1) is 0 Å². The molecule has 2 heterocycles. The van der Waals surface area contributed by atoms with Crippen molar-refractivity contribution in [1.82, 2.24) is 15.3 Å². The average molecular weight is 261 g/mol. The summed E-state index contributed by atoms with van der Waals surface area (Å²) in [4.78, 5) is 18.9. The van der Waals surface area contributed by atoms with Crippen molar-refractivity contribution in [2.45, 2.75) is 39.8 Å². The molecule has 0 aromatic carbocycles. The van der Waals surface area contributed by atoms with Crippen LogP contribution in [0.2, 0.25) is 0 Å². The van der Waals surface area contributed by atoms with Gasteiger partial charge in [-0.05, 0) is 44.9 Å². The molecular weight excluding hydrogens is 242 g/mol. The number of hydrogen-bond donors (Lipinski definition) is 2. The fourth-order valence-electron chi connectivity index (χ4n) is 1.76. The highest BCUT2D eigenvalue weighted by molar-refractivity contribution is 5.80. The number of amides is 1. The molecule has 102 valence electrons. The average Bonchev–Trinajstić information content (AvgIpc) is 2.66. The first-order valence-electron chi connectivity index (χ1n) is 6.24. The normalized spacial score (nSPS) is 11.6. The van der Waals surface area contributed by atoms with Gasteiger partial charge < -0.3 is 15.0 Å². The summed E-state index contributed by atoms with van der Waals surface area (Å²) in [6.07, 6.45) is 3.25. The van der Waals surface area contributed by atoms with Crippen LogP contribution in [0.1, 0.15) is 31.9 Å². The van der Waals surface area contributed by atoms with E-state index in [0.29, 0.717) is 6.54 Å². The number of ether oxygens (including phenoxy) is 1. The van der Waals surface area contributed by atoms with E-state index >= 15 is 0 Å². The van der Waals surface area contributed by atoms with Gasteiger partial charge in [0.25, 0.3) is 0 Å². The number of rotatable bonds is 2. The van der Waals surface area contributed by atoms with Crippen LogP contribution in [-0.4, -0.2) is 21.7 Å². The molecule has 0 aliphatic heterocycles. The maximum absolute atomic E-state index is 11.6. The summed E-state index contributed by atoms with van der Waals surface area (Å²) >= 11 is 0. The van der Waals surface area contributed by atoms with Crippen molar-refractivity contribution in [3.05, 3.63) is 29.6 Å². The monoisotopic (exact) mass is 261 g/mol. The fraction of sp³-hybridized carbons (Fsp3) is 0.429. The topological polar surface area (TPSA) is 67.0 Å². The smallest absolute Gasteiger partial charge is 0.407 e. The maximum atomic E-state index is 11.6. The van der Waals surface area contributed by atoms with Gasteiger partial charge >= 0.3 is 6.09 Å². The van der Waals surface area contributed by atoms with Crippen LogP contribution in [-0.2, 0) is 11.3 Å². The Bertz CT molecular complexity index is 596. The van der Waals surface area contributed by atoms with E-state index in [1.165, 1.54) is 0 Å². The third-order valence-corrected chi connectivity index (χ3v) is 2.63. The van der Waals surface area contributed by atoms with Gasteiger partial charge in [-0.2, -0.15) is 0 Å². The number of fused-ring (bicyclic) bond motifs is 1. The van der Waals surface area contributed by atoms with E-state index in [2.05, 4.69) is 15.3 Å². The highest BCUT2D eigenvalue weighted by atomic mass is 16.6. The first-order valence-corrected chi connectivity index (χ1v) is 6.24. The van der Waals surface area contributed by atoms with Gasteiger partial charge in [-0.3, -0.25) is 0 Å². The highest BCUT2D eigenvalue weighted by Crippen LogP contribution is 2.16. The number of hydrogen-bond acceptors (Lipinski definition) is 3. The number of nitrogens with one attached hydrogen (secondary N) is 2. The number of alkyl carbamates (subject to hydrolysis) is 1. The fourth-order valence-corrected chi connectivity index (χ4v) is 1.76. The minimum atomic E-state index is -0.483. The second-order valence-electron chi connectivity index (χ2n) is 5.57. The van der Waals surface area contributed by atoms with Crippen molar-refractivity contribution in [2.24, 2.45) is 0 Å². The van der Waals surface area contributed by atoms with Crippen molar-refractivity contribution in [1.29, 1.82) is 0 Å². The van der Waals surface area contributed by atoms with Crippen LogP contribution in [0.15, 0.2) is 18.5 Å². The summed E-state index contributed by atoms with van der Waals surface area (Å²) in [6, 6.07) is 2.02. The lowest BCUT2D eigenvalue weighted by molar-refractivity contribution is 0.0523. The number of carbonyl (C=O) groups excluding carboxylic acids is 1. The van der Waals surface area contributed by atoms with Gasteiger partial charge in [0.15, 0.2) is 0 Å². The molecule has 2 aromatic heterocycles. The minimum Gasteiger partial charge on any atom is -0.444 e. The van der Waals surface area contributed by atoms with E-state index in [1.54, 1.807) is 6.20 Å². The summed E-state index contributed by atoms with van der Waals surface area (Å²) in [6.45, 7) is 7.93. The zero-order valence-corrected chi connectivity index (χ0v) is 11.7. The van der Waals surface area contributed by atoms with Gasteiger partial charge in [0.2, 0.25) is 0 Å². The van der Waals surface area contributed by atoms with Crippen LogP contribution >= 0.6 is 0 Å². The van der Waals surface area contributed by atoms with Crippen LogP contribution in [0.3, 0.4) is 0 Å². The predicted octanol–water partition coefficient (Wildman–Crippen LogP) is 2.90. The third-order valence-electron chi connectivity index (χ3n) is 2.63. The number of nitrogens with zero attached hydrogens (tertiary/aromatic N) is 1. The molecule has 19 heavy (non-hydrogen) atoms. The molecule has 0 atom stereocenters. The van der Waals surface area contributed by atoms with Crippen LogP contribution in [0, 0.1) is 6.92 Å². The molecule has 0 fully saturated rings. The molecule has 0 saturated carbocycles. The standard InChI is InChI=1S/C14H19N3O2/c1-9-6-15-12-11(9)5-10(7-16-12)8-17-13(18)19-14(2,3)4/h5-7H,8H2,1-4H3,(H,15,16)(H,17,18). The summed E-state index contributed by atoms with van der Waals surface area (Å²) in [5.74, 6) is 0. The zero-order valence-electron chi connectivity index (χ0n) is 11.7. The second-order valence-corrected chi connectivity index (χ2v) is 5.57. The van der Waals surface area contributed by atoms with E-state index in [-0.39, 0.29) is 0 Å². The van der Waals surface area contributed by atoms with Crippen molar-refractivity contribution < 1.29 is 9.53 Å². The lowest BCUT2D eigenvalue weighted by atomic mass is 10.2. The molecule has 0 aliphatic rings. The van der Waals surface area contributed by atoms with Crippen LogP contribution in [0.4, 0.5) is 4.79 Å². The molecule has 0 unspecified atom stereocenters. The predicted molar refractivity (Wildman–Crippen MR) is 73.9 cm³/mol. The number of H-pyrrole nitrogens is 1. The summed E-state index contributed by atoms with van der Waals surface area (Å²) in [5, 5.41) is 3.79. The first kappa shape index (κ1) is 13.4. The maximum Gasteiger partial charge on any atom is 0.407 e. The van der Waals surface area contributed by atoms with Gasteiger partial charge in [0, 0.05) is 24.3 Å². The molecule has 5 heteroatoms. The number of carbonyl (C=O) groups is 1. The van der Waals surface area contributed by atoms with Gasteiger partial charge in [0.1, 0.15) is 11.2 Å². The Morgan fingerprint density at radius 1 is 1.47 bits per heavy atom. The molecule has 2 aromatic rings. The van der Waals surface area contributed by atoms with E-state index < -0.39 is 11.7 Å². The van der Waals surface area contributed by atoms with Crippen molar-refractivity contribution in [2.75, 3.05) is 0 Å². The van der Waals surface area contributed by atoms with Gasteiger partial charge in [-0.25, -0.2) is 9.78 Å². The minimum absolute atomic E-state index is 0.405. The largest absolute Gasteiger partial charge is 0.444 e. The molecule has 0 aliphatic carbocycles. The summed E-state index contributed by atoms with van der Waals surface area (Å²) in [5.41, 5.74) is 2.46. The third kappa shape index (κ3) is 3.47. The molecular formula is C14H19N3O2. The molecule has 0 bridgehead atoms. The van der Waals surface area contributed by atoms with Crippen LogP contribution < -0.4 is 5.32 Å². The first-order chi connectivity index (χ1) is 8.85. The SMILES string of the molecule is Cc1c[nH]c2ncc(CNC(=O)OC(C)(C)C)cc12. The van der Waals surface area contributed by atoms with E-state index in [4.69, 9.17) is 4.74 Å². The lowest BCUT2D eigenvalue weighted by Gasteiger charge is -2.19. The Labute approximate surface area is 112 Å². The van der Waals surface area contributed by atoms with E-state index in [9.17, 15) is 4.79 Å². The summed E-state index contributed by atoms with van der Waals surface area (Å²) in [7, 11) is 0. The van der Waals surface area contributed by atoms with Crippen molar-refractivity contribution >= 4 is 17.1 Å². The molecule has 0 saturated heterocycles. The zero-order chi connectivity index (χ0) is 14.0. The van der Waals surface area contributed by atoms with Crippen LogP contribution in [0.25, 0.3) is 11.0 Å². The Morgan fingerprint density at radius 3 is 2.89 bits per heavy atom. The number of pyridine rings is 1. The quantitative estimate of drug-likeness (QED) is 0.873.